The number of alkyl halides is 3. The summed E-state index contributed by atoms with van der Waals surface area (Å²) in [6, 6.07) is 5.13. The molecule has 4 aromatic rings. The minimum atomic E-state index is -4.40. The van der Waals surface area contributed by atoms with E-state index in [0.29, 0.717) is 21.9 Å². The fourth-order valence-corrected chi connectivity index (χ4v) is 4.17. The number of carbonyl (C=O) groups is 1. The van der Waals surface area contributed by atoms with E-state index in [1.807, 2.05) is 0 Å². The van der Waals surface area contributed by atoms with Crippen LogP contribution < -0.4 is 10.6 Å². The number of imidazole rings is 1. The van der Waals surface area contributed by atoms with Crippen molar-refractivity contribution in [1.29, 1.82) is 0 Å². The van der Waals surface area contributed by atoms with Crippen molar-refractivity contribution in [2.24, 2.45) is 0 Å². The molecule has 0 fully saturated rings. The third kappa shape index (κ3) is 5.42. The van der Waals surface area contributed by atoms with Gasteiger partial charge < -0.3 is 25.4 Å². The summed E-state index contributed by atoms with van der Waals surface area (Å²) in [5, 5.41) is 25.2. The zero-order chi connectivity index (χ0) is 25.2. The van der Waals surface area contributed by atoms with Crippen LogP contribution in [0.3, 0.4) is 0 Å². The van der Waals surface area contributed by atoms with E-state index < -0.39 is 29.7 Å². The molecule has 4 N–H and O–H groups in total. The molecule has 4 rings (SSSR count). The number of nitrogens with one attached hydrogen (secondary N) is 2. The van der Waals surface area contributed by atoms with Gasteiger partial charge in [-0.1, -0.05) is 11.3 Å². The molecule has 0 saturated carbocycles. The summed E-state index contributed by atoms with van der Waals surface area (Å²) in [5.74, 6) is -0.442. The van der Waals surface area contributed by atoms with Crippen molar-refractivity contribution in [3.05, 3.63) is 65.2 Å². The first kappa shape index (κ1) is 24.6. The predicted octanol–water partition coefficient (Wildman–Crippen LogP) is 3.67. The van der Waals surface area contributed by atoms with Crippen LogP contribution in [-0.4, -0.2) is 48.9 Å². The second-order valence-electron chi connectivity index (χ2n) is 7.69. The van der Waals surface area contributed by atoms with E-state index >= 15 is 0 Å². The molecule has 0 saturated heterocycles. The SMILES string of the molecule is CC(NC(=O)c1cc2c(cn1)ncn2C(CO)CO)c1cnc(Nc2ccc(C(F)(F)F)cc2)s1. The average molecular weight is 507 g/mol. The minimum absolute atomic E-state index is 0.133. The maximum atomic E-state index is 12.8. The van der Waals surface area contributed by atoms with Crippen molar-refractivity contribution in [1.82, 2.24) is 24.8 Å². The fraction of sp³-hybridized carbons (Fsp3) is 0.273. The van der Waals surface area contributed by atoms with E-state index in [2.05, 4.69) is 25.6 Å². The van der Waals surface area contributed by atoms with Crippen LogP contribution in [0.4, 0.5) is 24.0 Å². The van der Waals surface area contributed by atoms with Crippen LogP contribution in [0.15, 0.2) is 49.1 Å². The Hall–Kier alpha value is -3.55. The number of aromatic nitrogens is 4. The van der Waals surface area contributed by atoms with Gasteiger partial charge in [-0.15, -0.1) is 0 Å². The molecule has 9 nitrogen and oxygen atoms in total. The quantitative estimate of drug-likeness (QED) is 0.287. The number of thiazole rings is 1. The zero-order valence-electron chi connectivity index (χ0n) is 18.3. The van der Waals surface area contributed by atoms with E-state index in [0.717, 1.165) is 17.0 Å². The van der Waals surface area contributed by atoms with Crippen LogP contribution >= 0.6 is 11.3 Å². The largest absolute Gasteiger partial charge is 0.416 e. The highest BCUT2D eigenvalue weighted by Crippen LogP contribution is 2.31. The number of hydrogen-bond acceptors (Lipinski definition) is 8. The number of nitrogens with zero attached hydrogens (tertiary/aromatic N) is 4. The Morgan fingerprint density at radius 1 is 1.11 bits per heavy atom. The standard InChI is InChI=1S/C22H21F3N6O3S/c1-12(19-8-27-21(35-19)30-14-4-2-13(3-5-14)22(23,24)25)29-20(34)16-6-18-17(7-26-16)28-11-31(18)15(9-32)10-33/h2-8,11-12,15,32-33H,9-10H2,1H3,(H,27,30)(H,29,34). The first-order chi connectivity index (χ1) is 16.7. The fourth-order valence-electron chi connectivity index (χ4n) is 3.33. The molecule has 3 heterocycles. The number of pyridine rings is 1. The number of carbonyl (C=O) groups excluding carboxylic acids is 1. The lowest BCUT2D eigenvalue weighted by Gasteiger charge is -2.14. The van der Waals surface area contributed by atoms with Crippen molar-refractivity contribution in [3.63, 3.8) is 0 Å². The summed E-state index contributed by atoms with van der Waals surface area (Å²) in [5.41, 5.74) is 0.911. The summed E-state index contributed by atoms with van der Waals surface area (Å²) in [4.78, 5) is 26.1. The monoisotopic (exact) mass is 506 g/mol. The summed E-state index contributed by atoms with van der Waals surface area (Å²) in [7, 11) is 0. The van der Waals surface area contributed by atoms with Crippen LogP contribution in [-0.2, 0) is 6.18 Å². The van der Waals surface area contributed by atoms with Gasteiger partial charge in [0.05, 0.1) is 48.9 Å². The van der Waals surface area contributed by atoms with E-state index in [1.165, 1.54) is 42.1 Å². The van der Waals surface area contributed by atoms with Crippen molar-refractivity contribution >= 4 is 39.1 Å². The normalized spacial score (nSPS) is 12.8. The van der Waals surface area contributed by atoms with E-state index in [4.69, 9.17) is 0 Å². The van der Waals surface area contributed by atoms with E-state index in [1.54, 1.807) is 17.7 Å². The molecule has 0 spiro atoms. The molecular weight excluding hydrogens is 485 g/mol. The van der Waals surface area contributed by atoms with Gasteiger partial charge in [-0.25, -0.2) is 15.0 Å². The van der Waals surface area contributed by atoms with Crippen LogP contribution in [0.2, 0.25) is 0 Å². The van der Waals surface area contributed by atoms with Crippen LogP contribution in [0, 0.1) is 0 Å². The van der Waals surface area contributed by atoms with Crippen molar-refractivity contribution in [3.8, 4) is 0 Å². The molecule has 1 aromatic carbocycles. The number of benzene rings is 1. The maximum Gasteiger partial charge on any atom is 0.416 e. The number of amides is 1. The molecule has 0 radical (unpaired) electrons. The van der Waals surface area contributed by atoms with Crippen molar-refractivity contribution in [2.75, 3.05) is 18.5 Å². The van der Waals surface area contributed by atoms with Gasteiger partial charge in [-0.2, -0.15) is 13.2 Å². The Kier molecular flexibility index (Phi) is 7.00. The average Bonchev–Trinajstić information content (AvgIpc) is 3.47. The molecule has 0 aliphatic carbocycles. The number of aliphatic hydroxyl groups is 2. The van der Waals surface area contributed by atoms with Crippen LogP contribution in [0.25, 0.3) is 11.0 Å². The van der Waals surface area contributed by atoms with Gasteiger partial charge in [0.15, 0.2) is 5.13 Å². The van der Waals surface area contributed by atoms with Gasteiger partial charge in [0.2, 0.25) is 0 Å². The number of halogens is 3. The first-order valence-corrected chi connectivity index (χ1v) is 11.3. The molecule has 1 atom stereocenters. The number of rotatable bonds is 8. The molecule has 1 amide bonds. The Labute approximate surface area is 201 Å². The van der Waals surface area contributed by atoms with Gasteiger partial charge in [0, 0.05) is 16.8 Å². The lowest BCUT2D eigenvalue weighted by atomic mass is 10.2. The third-order valence-electron chi connectivity index (χ3n) is 5.27. The molecular formula is C22H21F3N6O3S. The topological polar surface area (TPSA) is 125 Å². The summed E-state index contributed by atoms with van der Waals surface area (Å²) in [6.07, 6.45) is 0.0754. The highest BCUT2D eigenvalue weighted by Gasteiger charge is 2.30. The predicted molar refractivity (Wildman–Crippen MR) is 123 cm³/mol. The Morgan fingerprint density at radius 2 is 1.83 bits per heavy atom. The van der Waals surface area contributed by atoms with E-state index in [9.17, 15) is 28.2 Å². The molecule has 0 aliphatic rings. The molecule has 3 aromatic heterocycles. The Balaban J connectivity index is 1.44. The number of anilines is 2. The zero-order valence-corrected chi connectivity index (χ0v) is 19.1. The van der Waals surface area contributed by atoms with Gasteiger partial charge in [0.25, 0.3) is 5.91 Å². The lowest BCUT2D eigenvalue weighted by Crippen LogP contribution is -2.27. The molecule has 0 bridgehead atoms. The van der Waals surface area contributed by atoms with Crippen molar-refractivity contribution in [2.45, 2.75) is 25.2 Å². The molecule has 1 unspecified atom stereocenters. The molecule has 35 heavy (non-hydrogen) atoms. The van der Waals surface area contributed by atoms with E-state index in [-0.39, 0.29) is 18.9 Å². The Morgan fingerprint density at radius 3 is 2.49 bits per heavy atom. The highest BCUT2D eigenvalue weighted by atomic mass is 32.1. The van der Waals surface area contributed by atoms with Crippen LogP contribution in [0.5, 0.6) is 0 Å². The first-order valence-electron chi connectivity index (χ1n) is 10.4. The van der Waals surface area contributed by atoms with Crippen molar-refractivity contribution < 1.29 is 28.2 Å². The van der Waals surface area contributed by atoms with Gasteiger partial charge in [-0.3, -0.25) is 4.79 Å². The molecule has 184 valence electrons. The summed E-state index contributed by atoms with van der Waals surface area (Å²) < 4.78 is 39.7. The van der Waals surface area contributed by atoms with Crippen LogP contribution in [0.1, 0.15) is 39.9 Å². The Bertz CT molecular complexity index is 1320. The third-order valence-corrected chi connectivity index (χ3v) is 6.37. The number of fused-ring (bicyclic) bond motifs is 1. The molecule has 0 aliphatic heterocycles. The molecule has 13 heteroatoms. The van der Waals surface area contributed by atoms with Gasteiger partial charge in [0.1, 0.15) is 11.2 Å². The maximum absolute atomic E-state index is 12.8. The second kappa shape index (κ2) is 9.98. The van der Waals surface area contributed by atoms with Gasteiger partial charge in [-0.05, 0) is 37.3 Å². The summed E-state index contributed by atoms with van der Waals surface area (Å²) in [6.45, 7) is 1.18. The van der Waals surface area contributed by atoms with Gasteiger partial charge >= 0.3 is 6.18 Å². The lowest BCUT2D eigenvalue weighted by molar-refractivity contribution is -0.137. The highest BCUT2D eigenvalue weighted by molar-refractivity contribution is 7.15. The minimum Gasteiger partial charge on any atom is -0.394 e. The second-order valence-corrected chi connectivity index (χ2v) is 8.75. The summed E-state index contributed by atoms with van der Waals surface area (Å²) >= 11 is 1.25. The number of aliphatic hydroxyl groups excluding tert-OH is 2. The number of hydrogen-bond donors (Lipinski definition) is 4. The smallest absolute Gasteiger partial charge is 0.394 e.